The molecule has 0 radical (unpaired) electrons. The van der Waals surface area contributed by atoms with Crippen LogP contribution in [0.2, 0.25) is 0 Å². The van der Waals surface area contributed by atoms with Crippen LogP contribution >= 0.6 is 11.8 Å². The SMILES string of the molecule is CSc1ccc(CN(C)C(=O)[C@@H](C)n2c(C)nc3ccccc3c2=O)cc1. The van der Waals surface area contributed by atoms with Gasteiger partial charge in [-0.25, -0.2) is 4.98 Å². The summed E-state index contributed by atoms with van der Waals surface area (Å²) in [5, 5.41) is 0.526. The first-order valence-corrected chi connectivity index (χ1v) is 10.0. The van der Waals surface area contributed by atoms with E-state index in [0.717, 1.165) is 5.56 Å². The van der Waals surface area contributed by atoms with Gasteiger partial charge in [0.05, 0.1) is 10.9 Å². The predicted molar refractivity (Wildman–Crippen MR) is 110 cm³/mol. The first-order chi connectivity index (χ1) is 12.9. The van der Waals surface area contributed by atoms with Crippen LogP contribution in [0.3, 0.4) is 0 Å². The van der Waals surface area contributed by atoms with Crippen molar-refractivity contribution in [1.29, 1.82) is 0 Å². The van der Waals surface area contributed by atoms with E-state index in [1.807, 2.05) is 48.7 Å². The largest absolute Gasteiger partial charge is 0.340 e. The summed E-state index contributed by atoms with van der Waals surface area (Å²) >= 11 is 1.68. The average molecular weight is 382 g/mol. The lowest BCUT2D eigenvalue weighted by Crippen LogP contribution is -2.38. The Hall–Kier alpha value is -2.60. The van der Waals surface area contributed by atoms with Gasteiger partial charge in [0.1, 0.15) is 11.9 Å². The molecule has 6 heteroatoms. The van der Waals surface area contributed by atoms with E-state index in [-0.39, 0.29) is 11.5 Å². The molecule has 1 atom stereocenters. The highest BCUT2D eigenvalue weighted by molar-refractivity contribution is 7.98. The van der Waals surface area contributed by atoms with Crippen LogP contribution in [0.25, 0.3) is 10.9 Å². The van der Waals surface area contributed by atoms with E-state index in [9.17, 15) is 9.59 Å². The van der Waals surface area contributed by atoms with Crippen molar-refractivity contribution < 1.29 is 4.79 Å². The number of para-hydroxylation sites is 1. The molecule has 0 N–H and O–H groups in total. The van der Waals surface area contributed by atoms with Crippen LogP contribution in [-0.4, -0.2) is 33.7 Å². The van der Waals surface area contributed by atoms with Crippen LogP contribution in [0.5, 0.6) is 0 Å². The summed E-state index contributed by atoms with van der Waals surface area (Å²) in [7, 11) is 1.76. The zero-order valence-electron chi connectivity index (χ0n) is 16.0. The maximum atomic E-state index is 12.9. The van der Waals surface area contributed by atoms with Crippen molar-refractivity contribution in [3.05, 3.63) is 70.3 Å². The number of amides is 1. The average Bonchev–Trinajstić information content (AvgIpc) is 2.67. The van der Waals surface area contributed by atoms with Crippen LogP contribution in [0.1, 0.15) is 24.4 Å². The van der Waals surface area contributed by atoms with Crippen LogP contribution in [0, 0.1) is 6.92 Å². The van der Waals surface area contributed by atoms with Crippen molar-refractivity contribution in [3.63, 3.8) is 0 Å². The highest BCUT2D eigenvalue weighted by atomic mass is 32.2. The number of aryl methyl sites for hydroxylation is 1. The quantitative estimate of drug-likeness (QED) is 0.633. The first-order valence-electron chi connectivity index (χ1n) is 8.78. The molecule has 140 valence electrons. The van der Waals surface area contributed by atoms with Gasteiger partial charge in [-0.05, 0) is 49.9 Å². The standard InChI is InChI=1S/C21H23N3O2S/c1-14(20(25)23(3)13-16-9-11-17(27-4)12-10-16)24-15(2)22-19-8-6-5-7-18(19)21(24)26/h5-12,14H,13H2,1-4H3/t14-/m1/s1. The fraction of sp³-hybridized carbons (Fsp3) is 0.286. The minimum absolute atomic E-state index is 0.119. The summed E-state index contributed by atoms with van der Waals surface area (Å²) in [6, 6.07) is 14.7. The second-order valence-corrected chi connectivity index (χ2v) is 7.45. The van der Waals surface area contributed by atoms with Gasteiger partial charge in [0, 0.05) is 18.5 Å². The molecule has 3 aromatic rings. The second kappa shape index (κ2) is 7.96. The Morgan fingerprint density at radius 1 is 1.19 bits per heavy atom. The molecule has 1 heterocycles. The topological polar surface area (TPSA) is 55.2 Å². The van der Waals surface area contributed by atoms with E-state index in [1.165, 1.54) is 9.46 Å². The fourth-order valence-corrected chi connectivity index (χ4v) is 3.63. The molecule has 0 fully saturated rings. The highest BCUT2D eigenvalue weighted by Gasteiger charge is 2.23. The molecule has 5 nitrogen and oxygen atoms in total. The monoisotopic (exact) mass is 381 g/mol. The molecule has 0 aliphatic heterocycles. The van der Waals surface area contributed by atoms with Gasteiger partial charge in [-0.15, -0.1) is 11.8 Å². The number of likely N-dealkylation sites (N-methyl/N-ethyl adjacent to an activating group) is 1. The van der Waals surface area contributed by atoms with Crippen LogP contribution < -0.4 is 5.56 Å². The predicted octanol–water partition coefficient (Wildman–Crippen LogP) is 3.65. The summed E-state index contributed by atoms with van der Waals surface area (Å²) in [5.74, 6) is 0.420. The van der Waals surface area contributed by atoms with E-state index >= 15 is 0 Å². The number of fused-ring (bicyclic) bond motifs is 1. The van der Waals surface area contributed by atoms with E-state index in [0.29, 0.717) is 23.3 Å². The normalized spacial score (nSPS) is 12.1. The van der Waals surface area contributed by atoms with Gasteiger partial charge in [-0.1, -0.05) is 24.3 Å². The van der Waals surface area contributed by atoms with Gasteiger partial charge < -0.3 is 4.90 Å². The van der Waals surface area contributed by atoms with E-state index in [1.54, 1.807) is 43.6 Å². The summed E-state index contributed by atoms with van der Waals surface area (Å²) in [5.41, 5.74) is 1.52. The van der Waals surface area contributed by atoms with Gasteiger partial charge in [-0.2, -0.15) is 0 Å². The smallest absolute Gasteiger partial charge is 0.262 e. The molecule has 27 heavy (non-hydrogen) atoms. The molecule has 3 rings (SSSR count). The Kier molecular flexibility index (Phi) is 5.65. The van der Waals surface area contributed by atoms with E-state index in [2.05, 4.69) is 4.98 Å². The molecule has 1 amide bonds. The molecular weight excluding hydrogens is 358 g/mol. The van der Waals surface area contributed by atoms with Crippen molar-refractivity contribution in [3.8, 4) is 0 Å². The van der Waals surface area contributed by atoms with Gasteiger partial charge in [0.2, 0.25) is 5.91 Å². The summed E-state index contributed by atoms with van der Waals surface area (Å²) in [6.07, 6.45) is 2.03. The molecule has 1 aromatic heterocycles. The zero-order valence-corrected chi connectivity index (χ0v) is 16.8. The number of thioether (sulfide) groups is 1. The first kappa shape index (κ1) is 19.2. The van der Waals surface area contributed by atoms with Crippen LogP contribution in [0.4, 0.5) is 0 Å². The third-order valence-corrected chi connectivity index (χ3v) is 5.43. The maximum absolute atomic E-state index is 12.9. The molecule has 0 spiro atoms. The minimum Gasteiger partial charge on any atom is -0.340 e. The van der Waals surface area contributed by atoms with Gasteiger partial charge >= 0.3 is 0 Å². The van der Waals surface area contributed by atoms with E-state index in [4.69, 9.17) is 0 Å². The Balaban J connectivity index is 1.86. The minimum atomic E-state index is -0.620. The Morgan fingerprint density at radius 2 is 1.85 bits per heavy atom. The maximum Gasteiger partial charge on any atom is 0.262 e. The summed E-state index contributed by atoms with van der Waals surface area (Å²) in [4.78, 5) is 33.2. The zero-order chi connectivity index (χ0) is 19.6. The van der Waals surface area contributed by atoms with Crippen LogP contribution in [0.15, 0.2) is 58.2 Å². The highest BCUT2D eigenvalue weighted by Crippen LogP contribution is 2.17. The molecular formula is C21H23N3O2S. The van der Waals surface area contributed by atoms with Crippen molar-refractivity contribution in [2.75, 3.05) is 13.3 Å². The van der Waals surface area contributed by atoms with Gasteiger partial charge in [0.15, 0.2) is 0 Å². The second-order valence-electron chi connectivity index (χ2n) is 6.57. The third kappa shape index (κ3) is 3.90. The number of carbonyl (C=O) groups is 1. The lowest BCUT2D eigenvalue weighted by atomic mass is 10.2. The summed E-state index contributed by atoms with van der Waals surface area (Å²) in [6.45, 7) is 4.01. The number of nitrogens with zero attached hydrogens (tertiary/aromatic N) is 3. The number of carbonyl (C=O) groups excluding carboxylic acids is 1. The van der Waals surface area contributed by atoms with Gasteiger partial charge in [-0.3, -0.25) is 14.2 Å². The van der Waals surface area contributed by atoms with Crippen molar-refractivity contribution in [2.45, 2.75) is 31.3 Å². The third-order valence-electron chi connectivity index (χ3n) is 4.68. The number of aromatic nitrogens is 2. The van der Waals surface area contributed by atoms with Crippen LogP contribution in [-0.2, 0) is 11.3 Å². The van der Waals surface area contributed by atoms with Crippen molar-refractivity contribution >= 4 is 28.6 Å². The molecule has 0 aliphatic carbocycles. The number of hydrogen-bond acceptors (Lipinski definition) is 4. The Labute approximate surface area is 163 Å². The van der Waals surface area contributed by atoms with E-state index < -0.39 is 6.04 Å². The van der Waals surface area contributed by atoms with Crippen molar-refractivity contribution in [2.24, 2.45) is 0 Å². The fourth-order valence-electron chi connectivity index (χ4n) is 3.23. The lowest BCUT2D eigenvalue weighted by Gasteiger charge is -2.24. The van der Waals surface area contributed by atoms with Gasteiger partial charge in [0.25, 0.3) is 5.56 Å². The Bertz CT molecular complexity index is 1030. The molecule has 0 aliphatic rings. The molecule has 0 unspecified atom stereocenters. The molecule has 0 saturated carbocycles. The molecule has 0 saturated heterocycles. The number of hydrogen-bond donors (Lipinski definition) is 0. The summed E-state index contributed by atoms with van der Waals surface area (Å²) < 4.78 is 1.48. The van der Waals surface area contributed by atoms with Crippen molar-refractivity contribution in [1.82, 2.24) is 14.5 Å². The molecule has 2 aromatic carbocycles. The Morgan fingerprint density at radius 3 is 2.52 bits per heavy atom. The lowest BCUT2D eigenvalue weighted by molar-refractivity contribution is -0.133. The number of rotatable bonds is 5. The molecule has 0 bridgehead atoms. The number of benzene rings is 2.